The van der Waals surface area contributed by atoms with Crippen molar-refractivity contribution in [2.24, 2.45) is 4.99 Å². The molecule has 0 unspecified atom stereocenters. The van der Waals surface area contributed by atoms with Crippen LogP contribution < -0.4 is 4.74 Å². The van der Waals surface area contributed by atoms with Crippen molar-refractivity contribution >= 4 is 35.0 Å². The Labute approximate surface area is 222 Å². The van der Waals surface area contributed by atoms with E-state index < -0.39 is 17.6 Å². The third-order valence-corrected chi connectivity index (χ3v) is 7.09. The normalized spacial score (nSPS) is 19.2. The molecular weight excluding hydrogens is 495 g/mol. The summed E-state index contributed by atoms with van der Waals surface area (Å²) in [5.74, 6) is 1.20. The van der Waals surface area contributed by atoms with Gasteiger partial charge in [0.15, 0.2) is 0 Å². The van der Waals surface area contributed by atoms with Gasteiger partial charge in [0.1, 0.15) is 11.6 Å². The summed E-state index contributed by atoms with van der Waals surface area (Å²) in [4.78, 5) is 21.2. The number of rotatable bonds is 9. The molecule has 0 saturated heterocycles. The number of aliphatic imine (C=N–C) groups is 1. The number of unbranched alkanes of at least 4 members (excludes halogenated alkanes) is 1. The van der Waals surface area contributed by atoms with Crippen LogP contribution >= 0.6 is 23.2 Å². The maximum atomic E-state index is 13.7. The highest BCUT2D eigenvalue weighted by Gasteiger charge is 2.56. The third kappa shape index (κ3) is 5.09. The van der Waals surface area contributed by atoms with Gasteiger partial charge in [-0.3, -0.25) is 0 Å². The fourth-order valence-electron chi connectivity index (χ4n) is 4.78. The van der Waals surface area contributed by atoms with Crippen LogP contribution in [0.2, 0.25) is 10.0 Å². The van der Waals surface area contributed by atoms with Crippen LogP contribution in [0.3, 0.4) is 0 Å². The van der Waals surface area contributed by atoms with Crippen molar-refractivity contribution in [3.05, 3.63) is 99.5 Å². The van der Waals surface area contributed by atoms with Gasteiger partial charge in [0.25, 0.3) is 0 Å². The maximum Gasteiger partial charge on any atom is 0.341 e. The molecule has 3 aromatic rings. The molecule has 4 rings (SSSR count). The van der Waals surface area contributed by atoms with Crippen LogP contribution in [0.5, 0.6) is 5.75 Å². The Morgan fingerprint density at radius 1 is 0.944 bits per heavy atom. The van der Waals surface area contributed by atoms with Gasteiger partial charge >= 0.3 is 5.97 Å². The number of ether oxygens (including phenoxy) is 2. The highest BCUT2D eigenvalue weighted by atomic mass is 35.5. The lowest BCUT2D eigenvalue weighted by Crippen LogP contribution is -2.44. The Balaban J connectivity index is 1.92. The fraction of sp³-hybridized carbons (Fsp3) is 0.310. The van der Waals surface area contributed by atoms with Crippen LogP contribution in [0.4, 0.5) is 0 Å². The standard InChI is InChI=1S/C29H30Cl2N2O3/c1-4-5-18-33-26(19-20-6-16-25(35-2)17-7-20)32-29(28(34)36-3,22-10-14-24(31)15-11-22)27(33)21-8-12-23(30)13-9-21/h6-17,27H,4-5,18-19H2,1-3H3/t27-,29+/m1/s1. The van der Waals surface area contributed by atoms with E-state index >= 15 is 0 Å². The van der Waals surface area contributed by atoms with Crippen LogP contribution in [0, 0.1) is 0 Å². The molecule has 0 aliphatic carbocycles. The SMILES string of the molecule is CCCCN1C(Cc2ccc(OC)cc2)=N[C@@](C(=O)OC)(c2ccc(Cl)cc2)[C@H]1c1ccc(Cl)cc1. The molecule has 0 aromatic heterocycles. The molecule has 36 heavy (non-hydrogen) atoms. The largest absolute Gasteiger partial charge is 0.497 e. The summed E-state index contributed by atoms with van der Waals surface area (Å²) in [6.07, 6.45) is 2.51. The molecule has 0 saturated carbocycles. The summed E-state index contributed by atoms with van der Waals surface area (Å²) in [6.45, 7) is 2.89. The van der Waals surface area contributed by atoms with Gasteiger partial charge in [-0.05, 0) is 59.5 Å². The van der Waals surface area contributed by atoms with Gasteiger partial charge in [-0.1, -0.05) is 72.9 Å². The number of hydrogen-bond acceptors (Lipinski definition) is 5. The first-order valence-corrected chi connectivity index (χ1v) is 12.8. The molecule has 3 aromatic carbocycles. The Kier molecular flexibility index (Phi) is 8.22. The quantitative estimate of drug-likeness (QED) is 0.286. The van der Waals surface area contributed by atoms with Gasteiger partial charge in [0, 0.05) is 23.0 Å². The number of carbonyl (C=O) groups excluding carboxylic acids is 1. The predicted octanol–water partition coefficient (Wildman–Crippen LogP) is 6.87. The molecule has 7 heteroatoms. The van der Waals surface area contributed by atoms with Crippen molar-refractivity contribution in [2.75, 3.05) is 20.8 Å². The van der Waals surface area contributed by atoms with Crippen molar-refractivity contribution in [1.29, 1.82) is 0 Å². The summed E-state index contributed by atoms with van der Waals surface area (Å²) in [7, 11) is 3.06. The summed E-state index contributed by atoms with van der Waals surface area (Å²) < 4.78 is 10.8. The molecule has 1 aliphatic rings. The molecule has 0 fully saturated rings. The van der Waals surface area contributed by atoms with E-state index in [1.807, 2.05) is 60.7 Å². The lowest BCUT2D eigenvalue weighted by Gasteiger charge is -2.37. The van der Waals surface area contributed by atoms with E-state index in [1.54, 1.807) is 19.2 Å². The van der Waals surface area contributed by atoms with Gasteiger partial charge in [-0.2, -0.15) is 0 Å². The number of nitrogens with zero attached hydrogens (tertiary/aromatic N) is 2. The Morgan fingerprint density at radius 3 is 2.11 bits per heavy atom. The van der Waals surface area contributed by atoms with Gasteiger partial charge in [0.2, 0.25) is 5.54 Å². The maximum absolute atomic E-state index is 13.7. The molecule has 188 valence electrons. The van der Waals surface area contributed by atoms with Gasteiger partial charge in [-0.15, -0.1) is 0 Å². The molecule has 5 nitrogen and oxygen atoms in total. The zero-order valence-corrected chi connectivity index (χ0v) is 22.2. The average molecular weight is 525 g/mol. The minimum Gasteiger partial charge on any atom is -0.497 e. The fourth-order valence-corrected chi connectivity index (χ4v) is 5.03. The second-order valence-corrected chi connectivity index (χ2v) is 9.69. The first-order chi connectivity index (χ1) is 17.4. The van der Waals surface area contributed by atoms with Gasteiger partial charge in [0.05, 0.1) is 20.3 Å². The Morgan fingerprint density at radius 2 is 1.56 bits per heavy atom. The molecule has 0 radical (unpaired) electrons. The Hall–Kier alpha value is -3.02. The van der Waals surface area contributed by atoms with E-state index in [-0.39, 0.29) is 0 Å². The van der Waals surface area contributed by atoms with Crippen molar-refractivity contribution in [3.63, 3.8) is 0 Å². The zero-order valence-electron chi connectivity index (χ0n) is 20.7. The van der Waals surface area contributed by atoms with Crippen LogP contribution in [-0.2, 0) is 21.5 Å². The molecule has 0 spiro atoms. The van der Waals surface area contributed by atoms with E-state index in [0.29, 0.717) is 16.5 Å². The van der Waals surface area contributed by atoms with Crippen LogP contribution in [0.1, 0.15) is 42.5 Å². The minimum atomic E-state index is -1.30. The monoisotopic (exact) mass is 524 g/mol. The number of esters is 1. The lowest BCUT2D eigenvalue weighted by atomic mass is 9.79. The number of hydrogen-bond donors (Lipinski definition) is 0. The van der Waals surface area contributed by atoms with Crippen LogP contribution in [-0.4, -0.2) is 37.5 Å². The summed E-state index contributed by atoms with van der Waals surface area (Å²) >= 11 is 12.5. The first kappa shape index (κ1) is 26.1. The molecule has 1 aliphatic heterocycles. The van der Waals surface area contributed by atoms with Gasteiger partial charge in [-0.25, -0.2) is 9.79 Å². The predicted molar refractivity (Wildman–Crippen MR) is 145 cm³/mol. The summed E-state index contributed by atoms with van der Waals surface area (Å²) in [5.41, 5.74) is 1.43. The topological polar surface area (TPSA) is 51.1 Å². The summed E-state index contributed by atoms with van der Waals surface area (Å²) in [6, 6.07) is 22.4. The molecule has 1 heterocycles. The van der Waals surface area contributed by atoms with E-state index in [9.17, 15) is 4.79 Å². The first-order valence-electron chi connectivity index (χ1n) is 12.0. The second-order valence-electron chi connectivity index (χ2n) is 8.82. The second kappa shape index (κ2) is 11.4. The van der Waals surface area contributed by atoms with Gasteiger partial charge < -0.3 is 14.4 Å². The highest BCUT2D eigenvalue weighted by Crippen LogP contribution is 2.49. The van der Waals surface area contributed by atoms with Crippen molar-refractivity contribution in [2.45, 2.75) is 37.8 Å². The number of halogens is 2. The minimum absolute atomic E-state index is 0.414. The number of carbonyl (C=O) groups is 1. The lowest BCUT2D eigenvalue weighted by molar-refractivity contribution is -0.149. The Bertz CT molecular complexity index is 1210. The molecule has 0 amide bonds. The van der Waals surface area contributed by atoms with Crippen LogP contribution in [0.15, 0.2) is 77.8 Å². The highest BCUT2D eigenvalue weighted by molar-refractivity contribution is 6.30. The number of methoxy groups -OCH3 is 2. The molecule has 2 atom stereocenters. The molecular formula is C29H30Cl2N2O3. The summed E-state index contributed by atoms with van der Waals surface area (Å²) in [5, 5.41) is 1.22. The average Bonchev–Trinajstić information content (AvgIpc) is 3.22. The van der Waals surface area contributed by atoms with Crippen molar-refractivity contribution in [3.8, 4) is 5.75 Å². The van der Waals surface area contributed by atoms with E-state index in [2.05, 4.69) is 11.8 Å². The number of benzene rings is 3. The van der Waals surface area contributed by atoms with Crippen LogP contribution in [0.25, 0.3) is 0 Å². The van der Waals surface area contributed by atoms with E-state index in [1.165, 1.54) is 7.11 Å². The van der Waals surface area contributed by atoms with E-state index in [0.717, 1.165) is 47.7 Å². The number of amidine groups is 1. The third-order valence-electron chi connectivity index (χ3n) is 6.58. The van der Waals surface area contributed by atoms with Crippen molar-refractivity contribution in [1.82, 2.24) is 4.90 Å². The van der Waals surface area contributed by atoms with E-state index in [4.69, 9.17) is 37.7 Å². The molecule has 0 N–H and O–H groups in total. The zero-order chi connectivity index (χ0) is 25.7. The van der Waals surface area contributed by atoms with Crippen molar-refractivity contribution < 1.29 is 14.3 Å². The molecule has 0 bridgehead atoms. The smallest absolute Gasteiger partial charge is 0.341 e.